The van der Waals surface area contributed by atoms with Gasteiger partial charge in [0.1, 0.15) is 0 Å². The standard InChI is InChI=1S/C15H19NO5/c1-15(11-7-5-4-6-8-11)9-12(15)10-16(13(17)19-2)21-14(18)20-3/h4-8,12H,9-10H2,1-3H3/t12-,15+/m0/s1. The number of carbonyl (C=O) groups is 2. The van der Waals surface area contributed by atoms with E-state index in [1.807, 2.05) is 18.2 Å². The number of ether oxygens (including phenoxy) is 2. The molecule has 1 aliphatic rings. The van der Waals surface area contributed by atoms with Crippen LogP contribution in [0.2, 0.25) is 0 Å². The van der Waals surface area contributed by atoms with Crippen LogP contribution in [0.1, 0.15) is 18.9 Å². The number of hydrogen-bond donors (Lipinski definition) is 0. The van der Waals surface area contributed by atoms with Gasteiger partial charge in [-0.15, -0.1) is 5.06 Å². The molecule has 0 aliphatic heterocycles. The first-order valence-corrected chi connectivity index (χ1v) is 6.68. The Bertz CT molecular complexity index is 518. The summed E-state index contributed by atoms with van der Waals surface area (Å²) in [5.74, 6) is 0.198. The van der Waals surface area contributed by atoms with Crippen molar-refractivity contribution in [3.63, 3.8) is 0 Å². The Morgan fingerprint density at radius 3 is 2.48 bits per heavy atom. The lowest BCUT2D eigenvalue weighted by molar-refractivity contribution is -0.107. The molecule has 0 spiro atoms. The van der Waals surface area contributed by atoms with E-state index < -0.39 is 12.2 Å². The number of methoxy groups -OCH3 is 2. The lowest BCUT2D eigenvalue weighted by atomic mass is 9.95. The lowest BCUT2D eigenvalue weighted by Gasteiger charge is -2.20. The summed E-state index contributed by atoms with van der Waals surface area (Å²) in [7, 11) is 2.42. The number of hydroxylamine groups is 2. The van der Waals surface area contributed by atoms with E-state index >= 15 is 0 Å². The number of hydrogen-bond acceptors (Lipinski definition) is 5. The summed E-state index contributed by atoms with van der Waals surface area (Å²) in [5.41, 5.74) is 1.19. The second-order valence-electron chi connectivity index (χ2n) is 5.26. The smallest absolute Gasteiger partial charge is 0.451 e. The van der Waals surface area contributed by atoms with Gasteiger partial charge < -0.3 is 14.3 Å². The molecule has 6 heteroatoms. The third-order valence-electron chi connectivity index (χ3n) is 3.96. The fourth-order valence-electron chi connectivity index (χ4n) is 2.47. The average Bonchev–Trinajstić information content (AvgIpc) is 3.18. The zero-order valence-corrected chi connectivity index (χ0v) is 12.4. The van der Waals surface area contributed by atoms with Gasteiger partial charge >= 0.3 is 12.2 Å². The third-order valence-corrected chi connectivity index (χ3v) is 3.96. The van der Waals surface area contributed by atoms with Crippen LogP contribution in [0.15, 0.2) is 30.3 Å². The summed E-state index contributed by atoms with van der Waals surface area (Å²) >= 11 is 0. The Labute approximate surface area is 123 Å². The van der Waals surface area contributed by atoms with Crippen LogP contribution in [-0.2, 0) is 19.7 Å². The minimum atomic E-state index is -0.942. The zero-order chi connectivity index (χ0) is 15.5. The highest BCUT2D eigenvalue weighted by atomic mass is 16.8. The SMILES string of the molecule is COC(=O)ON(C[C@@H]1C[C@]1(C)c1ccccc1)C(=O)OC. The minimum absolute atomic E-state index is 0.0208. The number of benzene rings is 1. The van der Waals surface area contributed by atoms with E-state index in [0.29, 0.717) is 0 Å². The molecule has 1 aromatic rings. The van der Waals surface area contributed by atoms with Crippen LogP contribution in [0.5, 0.6) is 0 Å². The van der Waals surface area contributed by atoms with E-state index in [2.05, 4.69) is 28.5 Å². The summed E-state index contributed by atoms with van der Waals surface area (Å²) in [6, 6.07) is 10.1. The molecule has 1 aliphatic carbocycles. The largest absolute Gasteiger partial charge is 0.533 e. The van der Waals surface area contributed by atoms with Gasteiger partial charge in [0.05, 0.1) is 20.8 Å². The molecular weight excluding hydrogens is 274 g/mol. The first-order chi connectivity index (χ1) is 10.0. The molecule has 21 heavy (non-hydrogen) atoms. The highest BCUT2D eigenvalue weighted by molar-refractivity contribution is 5.69. The zero-order valence-electron chi connectivity index (χ0n) is 12.4. The van der Waals surface area contributed by atoms with E-state index in [0.717, 1.165) is 11.5 Å². The quantitative estimate of drug-likeness (QED) is 0.633. The van der Waals surface area contributed by atoms with Gasteiger partial charge in [-0.1, -0.05) is 37.3 Å². The predicted octanol–water partition coefficient (Wildman–Crippen LogP) is 2.73. The molecule has 114 valence electrons. The van der Waals surface area contributed by atoms with Crippen LogP contribution in [0, 0.1) is 5.92 Å². The molecule has 0 bridgehead atoms. The number of nitrogens with zero attached hydrogens (tertiary/aromatic N) is 1. The summed E-state index contributed by atoms with van der Waals surface area (Å²) in [6.45, 7) is 2.40. The third kappa shape index (κ3) is 3.26. The van der Waals surface area contributed by atoms with E-state index in [1.165, 1.54) is 19.8 Å². The van der Waals surface area contributed by atoms with Crippen molar-refractivity contribution in [1.29, 1.82) is 0 Å². The Morgan fingerprint density at radius 2 is 1.90 bits per heavy atom. The molecule has 6 nitrogen and oxygen atoms in total. The fraction of sp³-hybridized carbons (Fsp3) is 0.467. The number of carbonyl (C=O) groups excluding carboxylic acids is 2. The van der Waals surface area contributed by atoms with E-state index in [9.17, 15) is 9.59 Å². The monoisotopic (exact) mass is 293 g/mol. The average molecular weight is 293 g/mol. The molecule has 0 radical (unpaired) electrons. The number of rotatable bonds is 3. The first kappa shape index (κ1) is 15.2. The second kappa shape index (κ2) is 6.03. The molecule has 0 heterocycles. The molecule has 1 saturated carbocycles. The van der Waals surface area contributed by atoms with Crippen LogP contribution in [0.25, 0.3) is 0 Å². The Hall–Kier alpha value is -2.24. The van der Waals surface area contributed by atoms with Gasteiger partial charge in [0.25, 0.3) is 0 Å². The van der Waals surface area contributed by atoms with E-state index in [-0.39, 0.29) is 17.9 Å². The summed E-state index contributed by atoms with van der Waals surface area (Å²) in [6.07, 6.45) is -0.750. The fourth-order valence-corrected chi connectivity index (χ4v) is 2.47. The van der Waals surface area contributed by atoms with Crippen molar-refractivity contribution in [2.45, 2.75) is 18.8 Å². The van der Waals surface area contributed by atoms with Crippen molar-refractivity contribution in [1.82, 2.24) is 5.06 Å². The van der Waals surface area contributed by atoms with Crippen molar-refractivity contribution in [2.75, 3.05) is 20.8 Å². The van der Waals surface area contributed by atoms with Crippen molar-refractivity contribution in [3.8, 4) is 0 Å². The number of amides is 1. The Morgan fingerprint density at radius 1 is 1.24 bits per heavy atom. The molecule has 1 amide bonds. The lowest BCUT2D eigenvalue weighted by Crippen LogP contribution is -2.36. The minimum Gasteiger partial charge on any atom is -0.451 e. The van der Waals surface area contributed by atoms with Gasteiger partial charge in [-0.05, 0) is 23.3 Å². The maximum atomic E-state index is 11.6. The summed E-state index contributed by atoms with van der Waals surface area (Å²) in [5, 5.41) is 0.907. The van der Waals surface area contributed by atoms with Crippen molar-refractivity contribution in [3.05, 3.63) is 35.9 Å². The van der Waals surface area contributed by atoms with Gasteiger partial charge in [-0.3, -0.25) is 0 Å². The van der Waals surface area contributed by atoms with E-state index in [4.69, 9.17) is 4.84 Å². The maximum Gasteiger partial charge on any atom is 0.533 e. The molecule has 0 saturated heterocycles. The van der Waals surface area contributed by atoms with Gasteiger partial charge in [-0.2, -0.15) is 0 Å². The van der Waals surface area contributed by atoms with Crippen molar-refractivity contribution >= 4 is 12.2 Å². The molecule has 0 unspecified atom stereocenters. The second-order valence-corrected chi connectivity index (χ2v) is 5.26. The van der Waals surface area contributed by atoms with Crippen LogP contribution in [0.4, 0.5) is 9.59 Å². The van der Waals surface area contributed by atoms with E-state index in [1.54, 1.807) is 0 Å². The van der Waals surface area contributed by atoms with Crippen LogP contribution in [0.3, 0.4) is 0 Å². The maximum absolute atomic E-state index is 11.6. The molecule has 0 aromatic heterocycles. The van der Waals surface area contributed by atoms with Crippen LogP contribution in [-0.4, -0.2) is 38.1 Å². The first-order valence-electron chi connectivity index (χ1n) is 6.68. The molecule has 2 atom stereocenters. The van der Waals surface area contributed by atoms with Gasteiger partial charge in [0, 0.05) is 0 Å². The Balaban J connectivity index is 2.02. The van der Waals surface area contributed by atoms with Crippen molar-refractivity contribution < 1.29 is 23.9 Å². The molecule has 1 fully saturated rings. The highest BCUT2D eigenvalue weighted by Crippen LogP contribution is 2.54. The van der Waals surface area contributed by atoms with Gasteiger partial charge in [-0.25, -0.2) is 9.59 Å². The molecular formula is C15H19NO5. The van der Waals surface area contributed by atoms with Gasteiger partial charge in [0.2, 0.25) is 0 Å². The van der Waals surface area contributed by atoms with Crippen LogP contribution >= 0.6 is 0 Å². The highest BCUT2D eigenvalue weighted by Gasteiger charge is 2.52. The van der Waals surface area contributed by atoms with Crippen LogP contribution < -0.4 is 0 Å². The molecule has 2 rings (SSSR count). The summed E-state index contributed by atoms with van der Waals surface area (Å²) < 4.78 is 9.02. The topological polar surface area (TPSA) is 65.1 Å². The van der Waals surface area contributed by atoms with Crippen molar-refractivity contribution in [2.24, 2.45) is 5.92 Å². The summed E-state index contributed by atoms with van der Waals surface area (Å²) in [4.78, 5) is 27.7. The normalized spacial score (nSPS) is 23.1. The molecule has 0 N–H and O–H groups in total. The molecule has 1 aromatic carbocycles. The predicted molar refractivity (Wildman–Crippen MR) is 74.5 cm³/mol. The van der Waals surface area contributed by atoms with Gasteiger partial charge in [0.15, 0.2) is 0 Å². The Kier molecular flexibility index (Phi) is 4.35.